The minimum absolute atomic E-state index is 0.517. The first-order chi connectivity index (χ1) is 12.0. The number of hydrogen-bond donors (Lipinski definition) is 0. The predicted molar refractivity (Wildman–Crippen MR) is 109 cm³/mol. The van der Waals surface area contributed by atoms with Crippen molar-refractivity contribution in [2.75, 3.05) is 0 Å². The van der Waals surface area contributed by atoms with E-state index in [1.807, 2.05) is 0 Å². The molecule has 0 aliphatic carbocycles. The average Bonchev–Trinajstić information content (AvgIpc) is 2.60. The molecule has 1 nitrogen and oxygen atoms in total. The Balaban J connectivity index is 2.09. The van der Waals surface area contributed by atoms with Crippen molar-refractivity contribution in [3.63, 3.8) is 0 Å². The van der Waals surface area contributed by atoms with Crippen molar-refractivity contribution in [3.05, 3.63) is 76.5 Å². The maximum atomic E-state index is 4.34. The van der Waals surface area contributed by atoms with Crippen molar-refractivity contribution in [2.45, 2.75) is 65.8 Å². The summed E-state index contributed by atoms with van der Waals surface area (Å²) >= 11 is 0. The van der Waals surface area contributed by atoms with Crippen molar-refractivity contribution in [1.82, 2.24) is 4.90 Å². The van der Waals surface area contributed by atoms with Gasteiger partial charge in [-0.1, -0.05) is 46.4 Å². The first kappa shape index (κ1) is 17.8. The molecule has 0 fully saturated rings. The second kappa shape index (κ2) is 7.07. The molecule has 1 unspecified atom stereocenters. The standard InChI is InChI=1S/C24H31N/c1-7-10-16(4)23-15-25-21(9-3)13-20-11-17(5)19(8-2)14-22(20)24(25)12-18(23)6/h11-12,14-15,21H,4,6-10,13H2,1-3,5H3. The van der Waals surface area contributed by atoms with E-state index in [1.54, 1.807) is 0 Å². The SMILES string of the molecule is C=C1C=C2c3cc(CC)c(C)cc3CC(CC)N2C=C1C(=C)CCC. The molecule has 2 aliphatic heterocycles. The summed E-state index contributed by atoms with van der Waals surface area (Å²) < 4.78 is 0. The van der Waals surface area contributed by atoms with Gasteiger partial charge in [0.05, 0.1) is 0 Å². The zero-order valence-electron chi connectivity index (χ0n) is 16.3. The predicted octanol–water partition coefficient (Wildman–Crippen LogP) is 6.35. The molecule has 0 bridgehead atoms. The lowest BCUT2D eigenvalue weighted by atomic mass is 9.83. The Morgan fingerprint density at radius 2 is 2.00 bits per heavy atom. The first-order valence-electron chi connectivity index (χ1n) is 9.72. The van der Waals surface area contributed by atoms with Gasteiger partial charge in [0.15, 0.2) is 0 Å². The van der Waals surface area contributed by atoms with Crippen LogP contribution in [-0.4, -0.2) is 10.9 Å². The summed E-state index contributed by atoms with van der Waals surface area (Å²) in [6.45, 7) is 17.6. The average molecular weight is 334 g/mol. The molecule has 1 atom stereocenters. The summed E-state index contributed by atoms with van der Waals surface area (Å²) in [4.78, 5) is 2.49. The highest BCUT2D eigenvalue weighted by molar-refractivity contribution is 5.77. The van der Waals surface area contributed by atoms with E-state index in [0.29, 0.717) is 6.04 Å². The molecule has 0 N–H and O–H groups in total. The molecule has 2 heterocycles. The summed E-state index contributed by atoms with van der Waals surface area (Å²) in [5.74, 6) is 0. The van der Waals surface area contributed by atoms with Gasteiger partial charge in [0.25, 0.3) is 0 Å². The number of allylic oxidation sites excluding steroid dienone is 4. The van der Waals surface area contributed by atoms with E-state index in [4.69, 9.17) is 0 Å². The number of nitrogens with zero attached hydrogens (tertiary/aromatic N) is 1. The van der Waals surface area contributed by atoms with Crippen molar-refractivity contribution in [3.8, 4) is 0 Å². The van der Waals surface area contributed by atoms with Crippen molar-refractivity contribution < 1.29 is 0 Å². The van der Waals surface area contributed by atoms with Gasteiger partial charge in [-0.05, 0) is 78.2 Å². The zero-order valence-corrected chi connectivity index (χ0v) is 16.3. The first-order valence-corrected chi connectivity index (χ1v) is 9.72. The Labute approximate surface area is 153 Å². The highest BCUT2D eigenvalue weighted by atomic mass is 15.2. The summed E-state index contributed by atoms with van der Waals surface area (Å²) in [6, 6.07) is 5.33. The van der Waals surface area contributed by atoms with Gasteiger partial charge < -0.3 is 4.90 Å². The van der Waals surface area contributed by atoms with Crippen LogP contribution in [0.3, 0.4) is 0 Å². The van der Waals surface area contributed by atoms with Gasteiger partial charge >= 0.3 is 0 Å². The maximum absolute atomic E-state index is 4.34. The van der Waals surface area contributed by atoms with E-state index in [0.717, 1.165) is 37.7 Å². The van der Waals surface area contributed by atoms with Gasteiger partial charge in [-0.2, -0.15) is 0 Å². The van der Waals surface area contributed by atoms with Crippen molar-refractivity contribution >= 4 is 5.70 Å². The third-order valence-corrected chi connectivity index (χ3v) is 5.67. The molecule has 0 radical (unpaired) electrons. The second-order valence-corrected chi connectivity index (χ2v) is 7.41. The van der Waals surface area contributed by atoms with Crippen LogP contribution in [0.25, 0.3) is 5.70 Å². The molecule has 1 aromatic rings. The summed E-state index contributed by atoms with van der Waals surface area (Å²) in [7, 11) is 0. The van der Waals surface area contributed by atoms with Gasteiger partial charge in [0, 0.05) is 23.5 Å². The van der Waals surface area contributed by atoms with Crippen molar-refractivity contribution in [1.29, 1.82) is 0 Å². The molecular weight excluding hydrogens is 302 g/mol. The van der Waals surface area contributed by atoms with E-state index in [9.17, 15) is 0 Å². The van der Waals surface area contributed by atoms with Crippen LogP contribution in [0.5, 0.6) is 0 Å². The second-order valence-electron chi connectivity index (χ2n) is 7.41. The zero-order chi connectivity index (χ0) is 18.1. The largest absolute Gasteiger partial charge is 0.343 e. The minimum Gasteiger partial charge on any atom is -0.343 e. The van der Waals surface area contributed by atoms with E-state index in [-0.39, 0.29) is 0 Å². The molecule has 1 aromatic carbocycles. The van der Waals surface area contributed by atoms with E-state index >= 15 is 0 Å². The van der Waals surface area contributed by atoms with Crippen LogP contribution in [0.2, 0.25) is 0 Å². The number of hydrogen-bond acceptors (Lipinski definition) is 1. The van der Waals surface area contributed by atoms with Crippen LogP contribution >= 0.6 is 0 Å². The van der Waals surface area contributed by atoms with Gasteiger partial charge in [0.1, 0.15) is 0 Å². The molecule has 0 aromatic heterocycles. The Morgan fingerprint density at radius 3 is 2.64 bits per heavy atom. The normalized spacial score (nSPS) is 19.1. The molecule has 132 valence electrons. The van der Waals surface area contributed by atoms with Gasteiger partial charge in [-0.15, -0.1) is 0 Å². The topological polar surface area (TPSA) is 3.24 Å². The van der Waals surface area contributed by atoms with Crippen LogP contribution < -0.4 is 0 Å². The third kappa shape index (κ3) is 3.13. The highest BCUT2D eigenvalue weighted by Crippen LogP contribution is 2.41. The van der Waals surface area contributed by atoms with Crippen LogP contribution in [0, 0.1) is 6.92 Å². The Hall–Kier alpha value is -2.02. The Bertz CT molecular complexity index is 776. The van der Waals surface area contributed by atoms with Crippen LogP contribution in [-0.2, 0) is 12.8 Å². The van der Waals surface area contributed by atoms with Crippen molar-refractivity contribution in [2.24, 2.45) is 0 Å². The number of fused-ring (bicyclic) bond motifs is 3. The molecule has 0 saturated heterocycles. The molecule has 1 heteroatoms. The van der Waals surface area contributed by atoms with E-state index < -0.39 is 0 Å². The highest BCUT2D eigenvalue weighted by Gasteiger charge is 2.31. The molecule has 0 spiro atoms. The fourth-order valence-electron chi connectivity index (χ4n) is 4.18. The fraction of sp³-hybridized carbons (Fsp3) is 0.417. The lowest BCUT2D eigenvalue weighted by Crippen LogP contribution is -2.37. The van der Waals surface area contributed by atoms with E-state index in [1.165, 1.54) is 39.1 Å². The van der Waals surface area contributed by atoms with Crippen LogP contribution in [0.15, 0.2) is 54.3 Å². The number of rotatable bonds is 5. The Morgan fingerprint density at radius 1 is 1.24 bits per heavy atom. The summed E-state index contributed by atoms with van der Waals surface area (Å²) in [6.07, 6.45) is 10.1. The van der Waals surface area contributed by atoms with Gasteiger partial charge in [-0.25, -0.2) is 0 Å². The lowest BCUT2D eigenvalue weighted by Gasteiger charge is -2.41. The molecule has 0 amide bonds. The van der Waals surface area contributed by atoms with Crippen LogP contribution in [0.4, 0.5) is 0 Å². The number of aryl methyl sites for hydroxylation is 2. The fourth-order valence-corrected chi connectivity index (χ4v) is 4.18. The molecule has 2 aliphatic rings. The smallest absolute Gasteiger partial charge is 0.0491 e. The van der Waals surface area contributed by atoms with Crippen LogP contribution in [0.1, 0.15) is 62.3 Å². The summed E-state index contributed by atoms with van der Waals surface area (Å²) in [5.41, 5.74) is 10.6. The molecule has 3 rings (SSSR count). The quantitative estimate of drug-likeness (QED) is 0.607. The lowest BCUT2D eigenvalue weighted by molar-refractivity contribution is 0.352. The molecule has 0 saturated carbocycles. The third-order valence-electron chi connectivity index (χ3n) is 5.67. The summed E-state index contributed by atoms with van der Waals surface area (Å²) in [5, 5.41) is 0. The van der Waals surface area contributed by atoms with Gasteiger partial charge in [-0.3, -0.25) is 0 Å². The number of benzene rings is 1. The van der Waals surface area contributed by atoms with Gasteiger partial charge in [0.2, 0.25) is 0 Å². The maximum Gasteiger partial charge on any atom is 0.0491 e. The monoisotopic (exact) mass is 333 g/mol. The minimum atomic E-state index is 0.517. The molecular formula is C24H31N. The van der Waals surface area contributed by atoms with E-state index in [2.05, 4.69) is 70.2 Å². The molecule has 25 heavy (non-hydrogen) atoms. The Kier molecular flexibility index (Phi) is 5.03.